The molecule has 0 saturated carbocycles. The molecule has 152 valence electrons. The Bertz CT molecular complexity index is 1090. The maximum absolute atomic E-state index is 13.1. The van der Waals surface area contributed by atoms with Gasteiger partial charge in [-0.2, -0.15) is 0 Å². The number of methoxy groups -OCH3 is 1. The highest BCUT2D eigenvalue weighted by atomic mass is 16.5. The number of H-pyrrole nitrogens is 1. The first kappa shape index (κ1) is 20.6. The van der Waals surface area contributed by atoms with Crippen LogP contribution in [0.3, 0.4) is 0 Å². The molecular formula is C23H26N2O4. The third-order valence-electron chi connectivity index (χ3n) is 4.92. The van der Waals surface area contributed by atoms with Crippen molar-refractivity contribution in [2.24, 2.45) is 0 Å². The number of ether oxygens (including phenoxy) is 1. The molecule has 0 spiro atoms. The number of aryl methyl sites for hydroxylation is 2. The highest BCUT2D eigenvalue weighted by Gasteiger charge is 2.18. The molecule has 1 amide bonds. The number of rotatable bonds is 7. The molecular weight excluding hydrogens is 368 g/mol. The van der Waals surface area contributed by atoms with E-state index >= 15 is 0 Å². The minimum atomic E-state index is -0.211. The van der Waals surface area contributed by atoms with E-state index in [9.17, 15) is 14.7 Å². The largest absolute Gasteiger partial charge is 0.497 e. The minimum Gasteiger partial charge on any atom is -0.497 e. The number of hydrogen-bond donors (Lipinski definition) is 2. The van der Waals surface area contributed by atoms with Crippen molar-refractivity contribution in [3.63, 3.8) is 0 Å². The fourth-order valence-electron chi connectivity index (χ4n) is 3.51. The van der Waals surface area contributed by atoms with Crippen molar-refractivity contribution in [3.05, 3.63) is 75.1 Å². The molecule has 0 bridgehead atoms. The van der Waals surface area contributed by atoms with Crippen LogP contribution in [0.1, 0.15) is 33.5 Å². The van der Waals surface area contributed by atoms with Gasteiger partial charge in [0, 0.05) is 24.3 Å². The van der Waals surface area contributed by atoms with Crippen molar-refractivity contribution in [1.82, 2.24) is 9.88 Å². The summed E-state index contributed by atoms with van der Waals surface area (Å²) < 4.78 is 5.21. The highest BCUT2D eigenvalue weighted by molar-refractivity contribution is 5.94. The van der Waals surface area contributed by atoms with E-state index in [0.29, 0.717) is 29.8 Å². The molecule has 1 aromatic heterocycles. The quantitative estimate of drug-likeness (QED) is 0.645. The van der Waals surface area contributed by atoms with Gasteiger partial charge >= 0.3 is 0 Å². The van der Waals surface area contributed by atoms with Crippen LogP contribution in [0.4, 0.5) is 0 Å². The van der Waals surface area contributed by atoms with E-state index in [4.69, 9.17) is 4.74 Å². The van der Waals surface area contributed by atoms with Gasteiger partial charge in [-0.3, -0.25) is 9.59 Å². The third kappa shape index (κ3) is 4.66. The smallest absolute Gasteiger partial charge is 0.254 e. The van der Waals surface area contributed by atoms with Gasteiger partial charge in [-0.1, -0.05) is 17.7 Å². The van der Waals surface area contributed by atoms with Crippen LogP contribution in [-0.2, 0) is 6.54 Å². The predicted molar refractivity (Wildman–Crippen MR) is 113 cm³/mol. The van der Waals surface area contributed by atoms with Crippen molar-refractivity contribution in [1.29, 1.82) is 0 Å². The van der Waals surface area contributed by atoms with Crippen LogP contribution >= 0.6 is 0 Å². The normalized spacial score (nSPS) is 10.9. The molecule has 0 aliphatic carbocycles. The Kier molecular flexibility index (Phi) is 6.34. The second-order valence-electron chi connectivity index (χ2n) is 7.21. The molecule has 0 unspecified atom stereocenters. The van der Waals surface area contributed by atoms with Gasteiger partial charge in [0.15, 0.2) is 0 Å². The molecule has 6 nitrogen and oxygen atoms in total. The van der Waals surface area contributed by atoms with Gasteiger partial charge in [-0.05, 0) is 61.5 Å². The lowest BCUT2D eigenvalue weighted by molar-refractivity contribution is 0.0731. The molecule has 2 N–H and O–H groups in total. The standard InChI is InChI=1S/C23H26N2O4/c1-15-10-16(2)21-18(11-15)12-19(22(27)24-21)14-25(8-5-9-26)23(28)17-6-4-7-20(13-17)29-3/h4,6-7,10-13,26H,5,8-9,14H2,1-3H3,(H,24,27). The average molecular weight is 394 g/mol. The number of aromatic amines is 1. The van der Waals surface area contributed by atoms with Crippen LogP contribution in [0, 0.1) is 13.8 Å². The maximum Gasteiger partial charge on any atom is 0.254 e. The van der Waals surface area contributed by atoms with Gasteiger partial charge < -0.3 is 19.7 Å². The van der Waals surface area contributed by atoms with Crippen molar-refractivity contribution < 1.29 is 14.6 Å². The van der Waals surface area contributed by atoms with Gasteiger partial charge in [0.25, 0.3) is 11.5 Å². The van der Waals surface area contributed by atoms with Crippen LogP contribution in [0.2, 0.25) is 0 Å². The lowest BCUT2D eigenvalue weighted by atomic mass is 10.0. The first-order valence-corrected chi connectivity index (χ1v) is 9.60. The van der Waals surface area contributed by atoms with Gasteiger partial charge in [0.2, 0.25) is 0 Å². The Morgan fingerprint density at radius 1 is 1.17 bits per heavy atom. The number of nitrogens with zero attached hydrogens (tertiary/aromatic N) is 1. The number of benzene rings is 2. The summed E-state index contributed by atoms with van der Waals surface area (Å²) in [5, 5.41) is 10.2. The summed E-state index contributed by atoms with van der Waals surface area (Å²) in [6.07, 6.45) is 0.430. The Hall–Kier alpha value is -3.12. The van der Waals surface area contributed by atoms with Crippen LogP contribution in [-0.4, -0.2) is 41.2 Å². The number of hydrogen-bond acceptors (Lipinski definition) is 4. The highest BCUT2D eigenvalue weighted by Crippen LogP contribution is 2.20. The zero-order valence-corrected chi connectivity index (χ0v) is 17.0. The van der Waals surface area contributed by atoms with Crippen molar-refractivity contribution in [2.45, 2.75) is 26.8 Å². The van der Waals surface area contributed by atoms with Crippen LogP contribution in [0.25, 0.3) is 10.9 Å². The summed E-state index contributed by atoms with van der Waals surface area (Å²) in [7, 11) is 1.55. The molecule has 0 aliphatic rings. The number of fused-ring (bicyclic) bond motifs is 1. The van der Waals surface area contributed by atoms with Crippen LogP contribution in [0.15, 0.2) is 47.3 Å². The second-order valence-corrected chi connectivity index (χ2v) is 7.21. The van der Waals surface area contributed by atoms with E-state index in [1.165, 1.54) is 0 Å². The number of aromatic nitrogens is 1. The zero-order chi connectivity index (χ0) is 21.0. The number of carbonyl (C=O) groups excluding carboxylic acids is 1. The number of pyridine rings is 1. The minimum absolute atomic E-state index is 0.0334. The molecule has 0 aliphatic heterocycles. The second kappa shape index (κ2) is 8.92. The number of carbonyl (C=O) groups is 1. The Labute approximate surface area is 169 Å². The third-order valence-corrected chi connectivity index (χ3v) is 4.92. The first-order valence-electron chi connectivity index (χ1n) is 9.60. The monoisotopic (exact) mass is 394 g/mol. The van der Waals surface area contributed by atoms with Gasteiger partial charge in [0.05, 0.1) is 19.2 Å². The fourth-order valence-corrected chi connectivity index (χ4v) is 3.51. The molecule has 0 saturated heterocycles. The number of aliphatic hydroxyl groups excluding tert-OH is 1. The van der Waals surface area contributed by atoms with Crippen molar-refractivity contribution in [2.75, 3.05) is 20.3 Å². The summed E-state index contributed by atoms with van der Waals surface area (Å²) in [5.41, 5.74) is 3.70. The molecule has 0 fully saturated rings. The van der Waals surface area contributed by atoms with Gasteiger partial charge in [-0.25, -0.2) is 0 Å². The first-order chi connectivity index (χ1) is 13.9. The molecule has 6 heteroatoms. The lowest BCUT2D eigenvalue weighted by Crippen LogP contribution is -2.34. The lowest BCUT2D eigenvalue weighted by Gasteiger charge is -2.23. The molecule has 3 aromatic rings. The summed E-state index contributed by atoms with van der Waals surface area (Å²) in [5.74, 6) is 0.379. The SMILES string of the molecule is COc1cccc(C(=O)N(CCCO)Cc2cc3cc(C)cc(C)c3[nH]c2=O)c1. The van der Waals surface area contributed by atoms with Crippen molar-refractivity contribution >= 4 is 16.8 Å². The van der Waals surface area contributed by atoms with E-state index in [1.54, 1.807) is 36.3 Å². The Morgan fingerprint density at radius 3 is 2.69 bits per heavy atom. The molecule has 0 atom stereocenters. The summed E-state index contributed by atoms with van der Waals surface area (Å²) in [6, 6.07) is 12.8. The van der Waals surface area contributed by atoms with Gasteiger partial charge in [0.1, 0.15) is 5.75 Å². The summed E-state index contributed by atoms with van der Waals surface area (Å²) in [4.78, 5) is 30.3. The average Bonchev–Trinajstić information content (AvgIpc) is 2.71. The Balaban J connectivity index is 1.96. The zero-order valence-electron chi connectivity index (χ0n) is 17.0. The predicted octanol–water partition coefficient (Wildman–Crippen LogP) is 3.18. The molecule has 0 radical (unpaired) electrons. The molecule has 1 heterocycles. The van der Waals surface area contributed by atoms with E-state index in [0.717, 1.165) is 22.0 Å². The molecule has 3 rings (SSSR count). The van der Waals surface area contributed by atoms with Gasteiger partial charge in [-0.15, -0.1) is 0 Å². The molecule has 2 aromatic carbocycles. The topological polar surface area (TPSA) is 82.6 Å². The van der Waals surface area contributed by atoms with E-state index in [-0.39, 0.29) is 24.6 Å². The summed E-state index contributed by atoms with van der Waals surface area (Å²) in [6.45, 7) is 4.45. The number of nitrogens with one attached hydrogen (secondary N) is 1. The maximum atomic E-state index is 13.1. The van der Waals surface area contributed by atoms with E-state index in [1.807, 2.05) is 32.0 Å². The van der Waals surface area contributed by atoms with E-state index in [2.05, 4.69) is 4.98 Å². The summed E-state index contributed by atoms with van der Waals surface area (Å²) >= 11 is 0. The van der Waals surface area contributed by atoms with E-state index < -0.39 is 0 Å². The Morgan fingerprint density at radius 2 is 1.97 bits per heavy atom. The van der Waals surface area contributed by atoms with Crippen molar-refractivity contribution in [3.8, 4) is 5.75 Å². The number of amides is 1. The number of aliphatic hydroxyl groups is 1. The van der Waals surface area contributed by atoms with Crippen LogP contribution < -0.4 is 10.3 Å². The van der Waals surface area contributed by atoms with Crippen LogP contribution in [0.5, 0.6) is 5.75 Å². The molecule has 29 heavy (non-hydrogen) atoms. The fraction of sp³-hybridized carbons (Fsp3) is 0.304.